The van der Waals surface area contributed by atoms with Crippen LogP contribution in [0.2, 0.25) is 5.02 Å². The molecule has 0 atom stereocenters. The van der Waals surface area contributed by atoms with E-state index in [1.165, 1.54) is 18.2 Å². The lowest BCUT2D eigenvalue weighted by molar-refractivity contribution is 0.482. The van der Waals surface area contributed by atoms with Crippen LogP contribution in [0.25, 0.3) is 5.08 Å². The van der Waals surface area contributed by atoms with E-state index in [9.17, 15) is 8.42 Å². The maximum atomic E-state index is 12.0. The molecule has 0 unspecified atom stereocenters. The van der Waals surface area contributed by atoms with Crippen LogP contribution in [-0.2, 0) is 10.0 Å². The summed E-state index contributed by atoms with van der Waals surface area (Å²) in [4.78, 5) is -0.0279. The van der Waals surface area contributed by atoms with Gasteiger partial charge in [0.25, 0.3) is 5.39 Å². The number of benzene rings is 1. The number of halogens is 1. The van der Waals surface area contributed by atoms with Crippen LogP contribution in [0.1, 0.15) is 6.42 Å². The van der Waals surface area contributed by atoms with Gasteiger partial charge in [-0.05, 0) is 31.2 Å². The molecular weight excluding hydrogens is 264 g/mol. The molecule has 0 aliphatic heterocycles. The largest absolute Gasteiger partial charge is 0.330 e. The highest BCUT2D eigenvalue weighted by molar-refractivity contribution is 7.89. The first-order valence-corrected chi connectivity index (χ1v) is 6.67. The minimum absolute atomic E-state index is 0.0157. The van der Waals surface area contributed by atoms with E-state index in [2.05, 4.69) is 5.08 Å². The molecule has 0 fully saturated rings. The number of nitrogens with two attached hydrogens (primary N) is 1. The zero-order chi connectivity index (χ0) is 12.9. The SMILES string of the molecule is N#[N+]N(CCCN)S(=O)(=O)c1cccc(Cl)c1. The fraction of sp³-hybridized carbons (Fsp3) is 0.333. The second-order valence-corrected chi connectivity index (χ2v) is 5.52. The van der Waals surface area contributed by atoms with E-state index in [0.29, 0.717) is 22.4 Å². The summed E-state index contributed by atoms with van der Waals surface area (Å²) in [6.45, 7) is 0.318. The number of rotatable bonds is 5. The zero-order valence-corrected chi connectivity index (χ0v) is 10.5. The van der Waals surface area contributed by atoms with E-state index in [-0.39, 0.29) is 11.4 Å². The van der Waals surface area contributed by atoms with Gasteiger partial charge < -0.3 is 5.73 Å². The Balaban J connectivity index is 3.05. The van der Waals surface area contributed by atoms with E-state index >= 15 is 0 Å². The Hall–Kier alpha value is -1.36. The van der Waals surface area contributed by atoms with Crippen LogP contribution in [0.5, 0.6) is 0 Å². The van der Waals surface area contributed by atoms with Crippen LogP contribution in [0, 0.1) is 5.39 Å². The highest BCUT2D eigenvalue weighted by Gasteiger charge is 2.32. The van der Waals surface area contributed by atoms with Gasteiger partial charge >= 0.3 is 15.1 Å². The van der Waals surface area contributed by atoms with Crippen LogP contribution in [0.4, 0.5) is 0 Å². The molecule has 92 valence electrons. The quantitative estimate of drug-likeness (QED) is 0.650. The molecule has 1 aromatic rings. The number of diazo groups is 1. The van der Waals surface area contributed by atoms with Gasteiger partial charge in [0.1, 0.15) is 6.54 Å². The second kappa shape index (κ2) is 5.82. The first-order chi connectivity index (χ1) is 8.02. The molecule has 0 radical (unpaired) electrons. The monoisotopic (exact) mass is 275 g/mol. The minimum atomic E-state index is -3.87. The van der Waals surface area contributed by atoms with Crippen molar-refractivity contribution in [2.45, 2.75) is 11.3 Å². The summed E-state index contributed by atoms with van der Waals surface area (Å²) >= 11 is 5.71. The zero-order valence-electron chi connectivity index (χ0n) is 8.95. The number of hydrogen-bond acceptors (Lipinski definition) is 4. The Bertz CT molecular complexity index is 526. The van der Waals surface area contributed by atoms with Crippen LogP contribution >= 0.6 is 11.6 Å². The Labute approximate surface area is 105 Å². The Kier molecular flexibility index (Phi) is 4.69. The van der Waals surface area contributed by atoms with E-state index in [4.69, 9.17) is 22.7 Å². The molecule has 0 aromatic heterocycles. The van der Waals surface area contributed by atoms with Gasteiger partial charge in [-0.25, -0.2) is 0 Å². The average molecular weight is 276 g/mol. The van der Waals surface area contributed by atoms with Crippen molar-refractivity contribution in [1.82, 2.24) is 4.41 Å². The molecular formula is C9H12ClN4O2S+. The minimum Gasteiger partial charge on any atom is -0.330 e. The Morgan fingerprint density at radius 2 is 2.18 bits per heavy atom. The van der Waals surface area contributed by atoms with Gasteiger partial charge in [0.2, 0.25) is 0 Å². The molecule has 1 aromatic carbocycles. The van der Waals surface area contributed by atoms with Crippen molar-refractivity contribution in [3.05, 3.63) is 34.4 Å². The molecule has 0 amide bonds. The predicted octanol–water partition coefficient (Wildman–Crippen LogP) is 1.45. The van der Waals surface area contributed by atoms with Crippen molar-refractivity contribution in [3.8, 4) is 0 Å². The van der Waals surface area contributed by atoms with Gasteiger partial charge in [-0.2, -0.15) is 8.42 Å². The van der Waals surface area contributed by atoms with Gasteiger partial charge in [-0.1, -0.05) is 17.7 Å². The van der Waals surface area contributed by atoms with Crippen LogP contribution in [0.15, 0.2) is 29.2 Å². The topological polar surface area (TPSA) is 91.5 Å². The lowest BCUT2D eigenvalue weighted by atomic mass is 10.4. The van der Waals surface area contributed by atoms with Crippen LogP contribution in [-0.4, -0.2) is 25.9 Å². The molecule has 0 saturated heterocycles. The fourth-order valence-corrected chi connectivity index (χ4v) is 2.68. The number of nitrogens with zero attached hydrogens (tertiary/aromatic N) is 3. The van der Waals surface area contributed by atoms with E-state index in [1.807, 2.05) is 0 Å². The lowest BCUT2D eigenvalue weighted by Crippen LogP contribution is -2.26. The Morgan fingerprint density at radius 3 is 2.71 bits per heavy atom. The molecule has 0 spiro atoms. The van der Waals surface area contributed by atoms with Gasteiger partial charge in [0.15, 0.2) is 0 Å². The highest BCUT2D eigenvalue weighted by atomic mass is 35.5. The first-order valence-electron chi connectivity index (χ1n) is 4.85. The standard InChI is InChI=1S/C9H12ClN4O2S/c10-8-3-1-4-9(7-8)17(15,16)14(13-12)6-2-5-11/h1,3-4,7H,2,5-6,11H2/q+1. The third-order valence-corrected chi connectivity index (χ3v) is 3.92. The molecule has 0 saturated carbocycles. The van der Waals surface area contributed by atoms with Gasteiger partial charge in [0.05, 0.1) is 9.31 Å². The number of hydrogen-bond donors (Lipinski definition) is 1. The summed E-state index contributed by atoms with van der Waals surface area (Å²) in [5.41, 5.74) is 5.27. The molecule has 0 heterocycles. The van der Waals surface area contributed by atoms with Crippen molar-refractivity contribution in [2.24, 2.45) is 5.73 Å². The number of sulfonamides is 1. The summed E-state index contributed by atoms with van der Waals surface area (Å²) < 4.78 is 24.6. The third-order valence-electron chi connectivity index (χ3n) is 2.02. The van der Waals surface area contributed by atoms with Crippen molar-refractivity contribution >= 4 is 21.6 Å². The summed E-state index contributed by atoms with van der Waals surface area (Å²) in [5.74, 6) is 0. The molecule has 0 aliphatic carbocycles. The molecule has 0 aliphatic rings. The first kappa shape index (κ1) is 13.7. The third kappa shape index (κ3) is 3.30. The summed E-state index contributed by atoms with van der Waals surface area (Å²) in [6.07, 6.45) is 0.393. The smallest absolute Gasteiger partial charge is 0.326 e. The summed E-state index contributed by atoms with van der Waals surface area (Å²) in [7, 11) is -3.87. The Morgan fingerprint density at radius 1 is 1.47 bits per heavy atom. The van der Waals surface area contributed by atoms with Crippen molar-refractivity contribution in [3.63, 3.8) is 0 Å². The van der Waals surface area contributed by atoms with Crippen molar-refractivity contribution in [2.75, 3.05) is 13.1 Å². The maximum absolute atomic E-state index is 12.0. The maximum Gasteiger partial charge on any atom is 0.326 e. The molecule has 0 bridgehead atoms. The predicted molar refractivity (Wildman–Crippen MR) is 64.1 cm³/mol. The van der Waals surface area contributed by atoms with E-state index in [1.54, 1.807) is 6.07 Å². The molecule has 8 heteroatoms. The molecule has 1 rings (SSSR count). The highest BCUT2D eigenvalue weighted by Crippen LogP contribution is 2.19. The van der Waals surface area contributed by atoms with Gasteiger partial charge in [-0.15, -0.1) is 0 Å². The van der Waals surface area contributed by atoms with Gasteiger partial charge in [0, 0.05) is 5.02 Å². The second-order valence-electron chi connectivity index (χ2n) is 3.24. The van der Waals surface area contributed by atoms with Crippen LogP contribution < -0.4 is 5.73 Å². The van der Waals surface area contributed by atoms with Crippen molar-refractivity contribution in [1.29, 1.82) is 5.39 Å². The van der Waals surface area contributed by atoms with E-state index < -0.39 is 10.0 Å². The van der Waals surface area contributed by atoms with Crippen molar-refractivity contribution < 1.29 is 8.42 Å². The molecule has 2 N–H and O–H groups in total. The van der Waals surface area contributed by atoms with Gasteiger partial charge in [-0.3, -0.25) is 0 Å². The molecule has 17 heavy (non-hydrogen) atoms. The molecule has 6 nitrogen and oxygen atoms in total. The fourth-order valence-electron chi connectivity index (χ4n) is 1.19. The summed E-state index contributed by atoms with van der Waals surface area (Å²) in [5, 5.41) is 11.8. The summed E-state index contributed by atoms with van der Waals surface area (Å²) in [6, 6.07) is 5.73. The van der Waals surface area contributed by atoms with E-state index in [0.717, 1.165) is 0 Å². The average Bonchev–Trinajstić information content (AvgIpc) is 2.30. The lowest BCUT2D eigenvalue weighted by Gasteiger charge is -2.05. The van der Waals surface area contributed by atoms with Crippen LogP contribution in [0.3, 0.4) is 0 Å². The normalized spacial score (nSPS) is 10.9.